The van der Waals surface area contributed by atoms with Crippen LogP contribution in [0.5, 0.6) is 0 Å². The van der Waals surface area contributed by atoms with Gasteiger partial charge in [-0.15, -0.1) is 0 Å². The van der Waals surface area contributed by atoms with Crippen molar-refractivity contribution in [2.24, 2.45) is 0 Å². The minimum atomic E-state index is -4.51. The van der Waals surface area contributed by atoms with Gasteiger partial charge < -0.3 is 5.11 Å². The largest absolute Gasteiger partial charge is 0.480 e. The summed E-state index contributed by atoms with van der Waals surface area (Å²) in [6.45, 7) is 0.943. The fourth-order valence-electron chi connectivity index (χ4n) is 2.41. The van der Waals surface area contributed by atoms with Crippen LogP contribution >= 0.6 is 0 Å². The predicted octanol–water partition coefficient (Wildman–Crippen LogP) is 2.01. The lowest BCUT2D eigenvalue weighted by Gasteiger charge is -2.32. The van der Waals surface area contributed by atoms with Crippen molar-refractivity contribution < 1.29 is 31.5 Å². The van der Waals surface area contributed by atoms with Crippen LogP contribution < -0.4 is 4.72 Å². The first-order valence-electron chi connectivity index (χ1n) is 6.81. The van der Waals surface area contributed by atoms with Crippen molar-refractivity contribution in [1.82, 2.24) is 4.31 Å². The van der Waals surface area contributed by atoms with Gasteiger partial charge in [-0.05, 0) is 26.2 Å². The van der Waals surface area contributed by atoms with Gasteiger partial charge in [-0.2, -0.15) is 12.7 Å². The molecule has 1 fully saturated rings. The number of hydrogen-bond acceptors (Lipinski definition) is 3. The second kappa shape index (κ2) is 6.36. The third kappa shape index (κ3) is 3.42. The van der Waals surface area contributed by atoms with E-state index >= 15 is 0 Å². The molecule has 2 N–H and O–H groups in total. The highest BCUT2D eigenvalue weighted by Gasteiger charge is 2.37. The maximum atomic E-state index is 13.9. The molecular weight excluding hydrogens is 337 g/mol. The minimum Gasteiger partial charge on any atom is -0.480 e. The first-order valence-corrected chi connectivity index (χ1v) is 8.25. The summed E-state index contributed by atoms with van der Waals surface area (Å²) in [5.41, 5.74) is -1.57. The Morgan fingerprint density at radius 1 is 1.30 bits per heavy atom. The summed E-state index contributed by atoms with van der Waals surface area (Å²) in [7, 11) is -4.51. The molecule has 0 unspecified atom stereocenters. The number of piperidine rings is 1. The highest BCUT2D eigenvalue weighted by atomic mass is 32.2. The van der Waals surface area contributed by atoms with E-state index in [0.717, 1.165) is 6.92 Å². The van der Waals surface area contributed by atoms with Crippen LogP contribution in [-0.4, -0.2) is 36.4 Å². The molecule has 1 saturated heterocycles. The molecule has 1 aromatic rings. The zero-order valence-corrected chi connectivity index (χ0v) is 13.0. The number of nitrogens with one attached hydrogen (secondary N) is 1. The van der Waals surface area contributed by atoms with Gasteiger partial charge in [0.15, 0.2) is 11.6 Å². The molecule has 23 heavy (non-hydrogen) atoms. The minimum absolute atomic E-state index is 0.0876. The molecule has 1 aliphatic rings. The Morgan fingerprint density at radius 2 is 1.96 bits per heavy atom. The highest BCUT2D eigenvalue weighted by molar-refractivity contribution is 7.90. The molecular formula is C13H15F3N2O4S. The molecule has 0 saturated carbocycles. The van der Waals surface area contributed by atoms with Gasteiger partial charge in [0.2, 0.25) is 0 Å². The van der Waals surface area contributed by atoms with E-state index in [0.29, 0.717) is 23.2 Å². The molecule has 0 bridgehead atoms. The Bertz CT molecular complexity index is 739. The summed E-state index contributed by atoms with van der Waals surface area (Å²) >= 11 is 0. The monoisotopic (exact) mass is 352 g/mol. The Balaban J connectivity index is 2.38. The standard InChI is InChI=1S/C13H15F3N2O4S/c1-7-8(14)6-9(15)12(11(7)16)17-23(21,22)18-5-3-2-4-10(18)13(19)20/h6,10,17H,2-5H2,1H3,(H,19,20)/t10-/m0/s1. The van der Waals surface area contributed by atoms with Crippen molar-refractivity contribution in [3.63, 3.8) is 0 Å². The normalized spacial score (nSPS) is 19.6. The molecule has 0 amide bonds. The highest BCUT2D eigenvalue weighted by Crippen LogP contribution is 2.28. The Labute approximate surface area is 131 Å². The number of carboxylic acids is 1. The molecule has 0 aromatic heterocycles. The summed E-state index contributed by atoms with van der Waals surface area (Å²) in [4.78, 5) is 11.2. The van der Waals surface area contributed by atoms with Crippen LogP contribution in [-0.2, 0) is 15.0 Å². The van der Waals surface area contributed by atoms with Crippen LogP contribution in [0.2, 0.25) is 0 Å². The van der Waals surface area contributed by atoms with E-state index in [1.165, 1.54) is 0 Å². The molecule has 1 atom stereocenters. The summed E-state index contributed by atoms with van der Waals surface area (Å²) in [5, 5.41) is 9.10. The number of carboxylic acid groups (broad SMARTS) is 1. The predicted molar refractivity (Wildman–Crippen MR) is 75.6 cm³/mol. The third-order valence-corrected chi connectivity index (χ3v) is 5.19. The maximum Gasteiger partial charge on any atom is 0.322 e. The molecule has 1 aromatic carbocycles. The summed E-state index contributed by atoms with van der Waals surface area (Å²) < 4.78 is 67.8. The second-order valence-electron chi connectivity index (χ2n) is 5.22. The molecule has 6 nitrogen and oxygen atoms in total. The van der Waals surface area contributed by atoms with Gasteiger partial charge in [0, 0.05) is 18.2 Å². The van der Waals surface area contributed by atoms with Crippen LogP contribution in [0.1, 0.15) is 24.8 Å². The molecule has 0 radical (unpaired) electrons. The lowest BCUT2D eigenvalue weighted by Crippen LogP contribution is -2.50. The lowest BCUT2D eigenvalue weighted by molar-refractivity contribution is -0.142. The van der Waals surface area contributed by atoms with E-state index in [4.69, 9.17) is 5.11 Å². The fourth-order valence-corrected chi connectivity index (χ4v) is 3.87. The molecule has 0 aliphatic carbocycles. The zero-order valence-electron chi connectivity index (χ0n) is 12.1. The molecule has 2 rings (SSSR count). The van der Waals surface area contributed by atoms with E-state index in [1.54, 1.807) is 4.72 Å². The summed E-state index contributed by atoms with van der Waals surface area (Å²) in [6.07, 6.45) is 1.06. The summed E-state index contributed by atoms with van der Waals surface area (Å²) in [6, 6.07) is -0.949. The van der Waals surface area contributed by atoms with Gasteiger partial charge in [0.1, 0.15) is 17.5 Å². The molecule has 1 heterocycles. The number of hydrogen-bond donors (Lipinski definition) is 2. The van der Waals surface area contributed by atoms with E-state index in [9.17, 15) is 26.4 Å². The van der Waals surface area contributed by atoms with Crippen molar-refractivity contribution in [2.45, 2.75) is 32.2 Å². The quantitative estimate of drug-likeness (QED) is 0.868. The van der Waals surface area contributed by atoms with Gasteiger partial charge in [0.25, 0.3) is 0 Å². The van der Waals surface area contributed by atoms with Gasteiger partial charge in [-0.3, -0.25) is 9.52 Å². The van der Waals surface area contributed by atoms with Crippen LogP contribution in [0, 0.1) is 24.4 Å². The van der Waals surface area contributed by atoms with E-state index in [2.05, 4.69) is 0 Å². The number of nitrogens with zero attached hydrogens (tertiary/aromatic N) is 1. The van der Waals surface area contributed by atoms with Crippen LogP contribution in [0.4, 0.5) is 18.9 Å². The Morgan fingerprint density at radius 3 is 2.57 bits per heavy atom. The van der Waals surface area contributed by atoms with Crippen LogP contribution in [0.15, 0.2) is 6.07 Å². The molecule has 1 aliphatic heterocycles. The number of carbonyl (C=O) groups is 1. The number of benzene rings is 1. The van der Waals surface area contributed by atoms with Crippen molar-refractivity contribution in [1.29, 1.82) is 0 Å². The van der Waals surface area contributed by atoms with Gasteiger partial charge in [-0.1, -0.05) is 0 Å². The van der Waals surface area contributed by atoms with Crippen LogP contribution in [0.3, 0.4) is 0 Å². The average molecular weight is 352 g/mol. The Kier molecular flexibility index (Phi) is 4.85. The molecule has 0 spiro atoms. The molecule has 10 heteroatoms. The number of aliphatic carboxylic acids is 1. The lowest BCUT2D eigenvalue weighted by atomic mass is 10.1. The number of anilines is 1. The third-order valence-electron chi connectivity index (χ3n) is 3.68. The number of rotatable bonds is 4. The SMILES string of the molecule is Cc1c(F)cc(F)c(NS(=O)(=O)N2CCCC[C@H]2C(=O)O)c1F. The van der Waals surface area contributed by atoms with Crippen molar-refractivity contribution in [3.05, 3.63) is 29.1 Å². The zero-order chi connectivity index (χ0) is 17.4. The van der Waals surface area contributed by atoms with Crippen molar-refractivity contribution >= 4 is 21.9 Å². The van der Waals surface area contributed by atoms with E-state index < -0.39 is 50.9 Å². The van der Waals surface area contributed by atoms with E-state index in [-0.39, 0.29) is 13.0 Å². The second-order valence-corrected chi connectivity index (χ2v) is 6.85. The maximum absolute atomic E-state index is 13.9. The summed E-state index contributed by atoms with van der Waals surface area (Å²) in [5.74, 6) is -5.29. The van der Waals surface area contributed by atoms with Gasteiger partial charge >= 0.3 is 16.2 Å². The van der Waals surface area contributed by atoms with Gasteiger partial charge in [0.05, 0.1) is 0 Å². The topological polar surface area (TPSA) is 86.7 Å². The van der Waals surface area contributed by atoms with Crippen molar-refractivity contribution in [2.75, 3.05) is 11.3 Å². The van der Waals surface area contributed by atoms with Gasteiger partial charge in [-0.25, -0.2) is 13.2 Å². The molecule has 128 valence electrons. The van der Waals surface area contributed by atoms with E-state index in [1.807, 2.05) is 0 Å². The first kappa shape index (κ1) is 17.5. The number of halogens is 3. The smallest absolute Gasteiger partial charge is 0.322 e. The first-order chi connectivity index (χ1) is 10.6. The van der Waals surface area contributed by atoms with Crippen LogP contribution in [0.25, 0.3) is 0 Å². The fraction of sp³-hybridized carbons (Fsp3) is 0.462. The van der Waals surface area contributed by atoms with Crippen molar-refractivity contribution in [3.8, 4) is 0 Å². The average Bonchev–Trinajstić information content (AvgIpc) is 2.49. The Hall–Kier alpha value is -1.81.